The predicted octanol–water partition coefficient (Wildman–Crippen LogP) is 1.75. The number of amides is 2. The quantitative estimate of drug-likeness (QED) is 0.856. The molecule has 0 bridgehead atoms. The third-order valence-electron chi connectivity index (χ3n) is 3.33. The highest BCUT2D eigenvalue weighted by Crippen LogP contribution is 2.32. The molecule has 1 saturated heterocycles. The van der Waals surface area contributed by atoms with Gasteiger partial charge in [-0.2, -0.15) is 0 Å². The van der Waals surface area contributed by atoms with Gasteiger partial charge in [-0.3, -0.25) is 14.4 Å². The number of imide groups is 1. The lowest BCUT2D eigenvalue weighted by atomic mass is 10.1. The maximum atomic E-state index is 12.3. The van der Waals surface area contributed by atoms with Gasteiger partial charge in [-0.25, -0.2) is 4.90 Å². The number of rotatable bonds is 4. The normalized spacial score (nSPS) is 18.7. The van der Waals surface area contributed by atoms with Gasteiger partial charge in [-0.1, -0.05) is 12.1 Å². The molecule has 1 heterocycles. The minimum atomic E-state index is -0.986. The third-order valence-corrected chi connectivity index (χ3v) is 4.51. The Balaban J connectivity index is 2.25. The maximum absolute atomic E-state index is 12.3. The zero-order valence-electron chi connectivity index (χ0n) is 11.3. The second kappa shape index (κ2) is 5.66. The van der Waals surface area contributed by atoms with Gasteiger partial charge in [-0.05, 0) is 31.0 Å². The standard InChI is InChI=1S/C14H15NO4S/c1-8-4-3-5-10(9(8)2)15-12(16)6-11(14(15)19)20-7-13(17)18/h3-5,11H,6-7H2,1-2H3,(H,17,18)/t11-/m1/s1. The fourth-order valence-electron chi connectivity index (χ4n) is 2.14. The van der Waals surface area contributed by atoms with Gasteiger partial charge in [-0.15, -0.1) is 11.8 Å². The highest BCUT2D eigenvalue weighted by molar-refractivity contribution is 8.01. The molecule has 106 valence electrons. The van der Waals surface area contributed by atoms with Crippen LogP contribution in [0.5, 0.6) is 0 Å². The lowest BCUT2D eigenvalue weighted by molar-refractivity contribution is -0.134. The van der Waals surface area contributed by atoms with Crippen LogP contribution in [0.2, 0.25) is 0 Å². The molecule has 0 saturated carbocycles. The zero-order chi connectivity index (χ0) is 14.9. The first-order valence-corrected chi connectivity index (χ1v) is 7.23. The summed E-state index contributed by atoms with van der Waals surface area (Å²) >= 11 is 1.00. The number of benzene rings is 1. The van der Waals surface area contributed by atoms with E-state index in [4.69, 9.17) is 5.11 Å². The lowest BCUT2D eigenvalue weighted by Crippen LogP contribution is -2.32. The Bertz CT molecular complexity index is 585. The average molecular weight is 293 g/mol. The van der Waals surface area contributed by atoms with E-state index in [9.17, 15) is 14.4 Å². The zero-order valence-corrected chi connectivity index (χ0v) is 12.1. The fourth-order valence-corrected chi connectivity index (χ4v) is 2.99. The summed E-state index contributed by atoms with van der Waals surface area (Å²) in [6.07, 6.45) is 0.0597. The molecule has 1 aliphatic rings. The van der Waals surface area contributed by atoms with E-state index < -0.39 is 11.2 Å². The second-order valence-electron chi connectivity index (χ2n) is 4.68. The number of carboxylic acid groups (broad SMARTS) is 1. The Labute approximate surface area is 121 Å². The average Bonchev–Trinajstić information content (AvgIpc) is 2.66. The van der Waals surface area contributed by atoms with Crippen molar-refractivity contribution >= 4 is 35.2 Å². The summed E-state index contributed by atoms with van der Waals surface area (Å²) in [5, 5.41) is 8.06. The first kappa shape index (κ1) is 14.6. The van der Waals surface area contributed by atoms with Gasteiger partial charge in [0.25, 0.3) is 0 Å². The van der Waals surface area contributed by atoms with E-state index in [-0.39, 0.29) is 24.0 Å². The lowest BCUT2D eigenvalue weighted by Gasteiger charge is -2.18. The van der Waals surface area contributed by atoms with Crippen molar-refractivity contribution in [1.82, 2.24) is 0 Å². The summed E-state index contributed by atoms with van der Waals surface area (Å²) in [7, 11) is 0. The molecular weight excluding hydrogens is 278 g/mol. The van der Waals surface area contributed by atoms with Crippen LogP contribution in [0.1, 0.15) is 17.5 Å². The molecule has 0 unspecified atom stereocenters. The van der Waals surface area contributed by atoms with Gasteiger partial charge >= 0.3 is 5.97 Å². The van der Waals surface area contributed by atoms with Crippen molar-refractivity contribution in [2.24, 2.45) is 0 Å². The topological polar surface area (TPSA) is 74.7 Å². The largest absolute Gasteiger partial charge is 0.481 e. The van der Waals surface area contributed by atoms with Crippen molar-refractivity contribution in [3.8, 4) is 0 Å². The minimum Gasteiger partial charge on any atom is -0.481 e. The van der Waals surface area contributed by atoms with Crippen molar-refractivity contribution in [1.29, 1.82) is 0 Å². The van der Waals surface area contributed by atoms with Gasteiger partial charge < -0.3 is 5.11 Å². The molecular formula is C14H15NO4S. The van der Waals surface area contributed by atoms with Crippen molar-refractivity contribution in [3.05, 3.63) is 29.3 Å². The molecule has 2 rings (SSSR count). The minimum absolute atomic E-state index is 0.0597. The van der Waals surface area contributed by atoms with Crippen molar-refractivity contribution in [2.75, 3.05) is 10.7 Å². The Hall–Kier alpha value is -1.82. The highest BCUT2D eigenvalue weighted by Gasteiger charge is 2.40. The number of aliphatic carboxylic acids is 1. The molecule has 20 heavy (non-hydrogen) atoms. The maximum Gasteiger partial charge on any atom is 0.313 e. The Morgan fingerprint density at radius 2 is 2.10 bits per heavy atom. The second-order valence-corrected chi connectivity index (χ2v) is 5.87. The van der Waals surface area contributed by atoms with Gasteiger partial charge in [0.1, 0.15) is 0 Å². The van der Waals surface area contributed by atoms with Gasteiger partial charge in [0, 0.05) is 6.42 Å². The number of aryl methyl sites for hydroxylation is 1. The molecule has 1 aromatic rings. The molecule has 1 atom stereocenters. The van der Waals surface area contributed by atoms with E-state index in [1.807, 2.05) is 19.9 Å². The summed E-state index contributed by atoms with van der Waals surface area (Å²) in [5.74, 6) is -1.76. The molecule has 0 radical (unpaired) electrons. The molecule has 0 aromatic heterocycles. The summed E-state index contributed by atoms with van der Waals surface area (Å²) in [6, 6.07) is 5.46. The first-order chi connectivity index (χ1) is 9.41. The molecule has 1 N–H and O–H groups in total. The van der Waals surface area contributed by atoms with Gasteiger partial charge in [0.2, 0.25) is 11.8 Å². The first-order valence-electron chi connectivity index (χ1n) is 6.18. The molecule has 1 aliphatic heterocycles. The smallest absolute Gasteiger partial charge is 0.313 e. The molecule has 2 amide bonds. The van der Waals surface area contributed by atoms with Crippen LogP contribution in [0.25, 0.3) is 0 Å². The Kier molecular flexibility index (Phi) is 4.13. The van der Waals surface area contributed by atoms with Crippen LogP contribution in [-0.2, 0) is 14.4 Å². The molecule has 6 heteroatoms. The van der Waals surface area contributed by atoms with Crippen LogP contribution < -0.4 is 4.90 Å². The molecule has 0 spiro atoms. The van der Waals surface area contributed by atoms with E-state index in [0.717, 1.165) is 22.9 Å². The van der Waals surface area contributed by atoms with Crippen LogP contribution >= 0.6 is 11.8 Å². The summed E-state index contributed by atoms with van der Waals surface area (Å²) in [5.41, 5.74) is 2.49. The Morgan fingerprint density at radius 3 is 2.75 bits per heavy atom. The molecule has 1 fully saturated rings. The van der Waals surface area contributed by atoms with Crippen LogP contribution in [0.3, 0.4) is 0 Å². The van der Waals surface area contributed by atoms with E-state index in [1.165, 1.54) is 4.90 Å². The molecule has 5 nitrogen and oxygen atoms in total. The van der Waals surface area contributed by atoms with Crippen molar-refractivity contribution < 1.29 is 19.5 Å². The van der Waals surface area contributed by atoms with Gasteiger partial charge in [0.05, 0.1) is 16.7 Å². The number of hydrogen-bond acceptors (Lipinski definition) is 4. The number of nitrogens with zero attached hydrogens (tertiary/aromatic N) is 1. The number of carbonyl (C=O) groups is 3. The molecule has 1 aromatic carbocycles. The number of anilines is 1. The van der Waals surface area contributed by atoms with E-state index in [1.54, 1.807) is 12.1 Å². The monoisotopic (exact) mass is 293 g/mol. The fraction of sp³-hybridized carbons (Fsp3) is 0.357. The summed E-state index contributed by atoms with van der Waals surface area (Å²) in [4.78, 5) is 36.1. The van der Waals surface area contributed by atoms with Gasteiger partial charge in [0.15, 0.2) is 0 Å². The van der Waals surface area contributed by atoms with Crippen molar-refractivity contribution in [2.45, 2.75) is 25.5 Å². The number of carboxylic acids is 1. The van der Waals surface area contributed by atoms with Crippen LogP contribution in [0.15, 0.2) is 18.2 Å². The van der Waals surface area contributed by atoms with Crippen LogP contribution in [-0.4, -0.2) is 33.9 Å². The Morgan fingerprint density at radius 1 is 1.40 bits per heavy atom. The highest BCUT2D eigenvalue weighted by atomic mass is 32.2. The third kappa shape index (κ3) is 2.70. The van der Waals surface area contributed by atoms with E-state index in [0.29, 0.717) is 5.69 Å². The predicted molar refractivity (Wildman–Crippen MR) is 76.9 cm³/mol. The number of carbonyl (C=O) groups excluding carboxylic acids is 2. The summed E-state index contributed by atoms with van der Waals surface area (Å²) < 4.78 is 0. The van der Waals surface area contributed by atoms with E-state index >= 15 is 0 Å². The SMILES string of the molecule is Cc1cccc(N2C(=O)C[C@@H](SCC(=O)O)C2=O)c1C. The summed E-state index contributed by atoms with van der Waals surface area (Å²) in [6.45, 7) is 3.78. The van der Waals surface area contributed by atoms with Crippen molar-refractivity contribution in [3.63, 3.8) is 0 Å². The number of thioether (sulfide) groups is 1. The number of hydrogen-bond donors (Lipinski definition) is 1. The van der Waals surface area contributed by atoms with Crippen LogP contribution in [0.4, 0.5) is 5.69 Å². The molecule has 0 aliphatic carbocycles. The van der Waals surface area contributed by atoms with Crippen LogP contribution in [0, 0.1) is 13.8 Å². The van der Waals surface area contributed by atoms with E-state index in [2.05, 4.69) is 0 Å².